The SMILES string of the molecule is CCCCN(CC)S(=O)(=O)c1cc(N)c(C)cc1F. The van der Waals surface area contributed by atoms with Gasteiger partial charge in [0.15, 0.2) is 0 Å². The van der Waals surface area contributed by atoms with Gasteiger partial charge in [0.2, 0.25) is 10.0 Å². The van der Waals surface area contributed by atoms with Gasteiger partial charge in [0.25, 0.3) is 0 Å². The highest BCUT2D eigenvalue weighted by Crippen LogP contribution is 2.24. The maximum atomic E-state index is 13.9. The number of nitrogens with zero attached hydrogens (tertiary/aromatic N) is 1. The Morgan fingerprint density at radius 1 is 1.32 bits per heavy atom. The second-order valence-corrected chi connectivity index (χ2v) is 6.40. The van der Waals surface area contributed by atoms with Crippen LogP contribution in [0.3, 0.4) is 0 Å². The summed E-state index contributed by atoms with van der Waals surface area (Å²) in [5, 5.41) is 0. The van der Waals surface area contributed by atoms with Gasteiger partial charge in [-0.05, 0) is 31.0 Å². The molecule has 1 aromatic rings. The molecule has 1 aromatic carbocycles. The molecule has 0 saturated heterocycles. The number of unbranched alkanes of at least 4 members (excludes halogenated alkanes) is 1. The van der Waals surface area contributed by atoms with E-state index in [0.29, 0.717) is 18.7 Å². The van der Waals surface area contributed by atoms with Crippen molar-refractivity contribution >= 4 is 15.7 Å². The van der Waals surface area contributed by atoms with Crippen LogP contribution in [0.2, 0.25) is 0 Å². The van der Waals surface area contributed by atoms with E-state index >= 15 is 0 Å². The van der Waals surface area contributed by atoms with E-state index in [-0.39, 0.29) is 10.6 Å². The molecule has 2 N–H and O–H groups in total. The number of nitrogens with two attached hydrogens (primary N) is 1. The molecular formula is C13H21FN2O2S. The van der Waals surface area contributed by atoms with Gasteiger partial charge in [-0.2, -0.15) is 4.31 Å². The number of halogens is 1. The predicted molar refractivity (Wildman–Crippen MR) is 74.9 cm³/mol. The van der Waals surface area contributed by atoms with Crippen LogP contribution in [0.15, 0.2) is 17.0 Å². The van der Waals surface area contributed by atoms with Crippen molar-refractivity contribution in [3.05, 3.63) is 23.5 Å². The van der Waals surface area contributed by atoms with Gasteiger partial charge in [0, 0.05) is 18.8 Å². The van der Waals surface area contributed by atoms with Gasteiger partial charge in [-0.25, -0.2) is 12.8 Å². The second-order valence-electron chi connectivity index (χ2n) is 4.49. The Balaban J connectivity index is 3.22. The largest absolute Gasteiger partial charge is 0.398 e. The van der Waals surface area contributed by atoms with Crippen LogP contribution in [-0.2, 0) is 10.0 Å². The first-order valence-corrected chi connectivity index (χ1v) is 7.84. The van der Waals surface area contributed by atoms with E-state index in [1.54, 1.807) is 13.8 Å². The van der Waals surface area contributed by atoms with E-state index in [2.05, 4.69) is 0 Å². The van der Waals surface area contributed by atoms with Gasteiger partial charge in [-0.15, -0.1) is 0 Å². The van der Waals surface area contributed by atoms with Crippen molar-refractivity contribution < 1.29 is 12.8 Å². The van der Waals surface area contributed by atoms with Crippen molar-refractivity contribution in [2.45, 2.75) is 38.5 Å². The number of sulfonamides is 1. The van der Waals surface area contributed by atoms with Gasteiger partial charge in [0.05, 0.1) is 0 Å². The summed E-state index contributed by atoms with van der Waals surface area (Å²) in [6, 6.07) is 2.37. The fraction of sp³-hybridized carbons (Fsp3) is 0.538. The Hall–Kier alpha value is -1.14. The summed E-state index contributed by atoms with van der Waals surface area (Å²) in [6.07, 6.45) is 1.63. The molecule has 0 radical (unpaired) electrons. The Kier molecular flexibility index (Phi) is 5.31. The molecule has 6 heteroatoms. The van der Waals surface area contributed by atoms with Crippen molar-refractivity contribution in [3.63, 3.8) is 0 Å². The first kappa shape index (κ1) is 15.9. The molecule has 0 spiro atoms. The number of hydrogen-bond donors (Lipinski definition) is 1. The van der Waals surface area contributed by atoms with Crippen molar-refractivity contribution in [2.24, 2.45) is 0 Å². The maximum absolute atomic E-state index is 13.9. The zero-order chi connectivity index (χ0) is 14.6. The van der Waals surface area contributed by atoms with Crippen LogP contribution in [0.1, 0.15) is 32.3 Å². The third-order valence-electron chi connectivity index (χ3n) is 3.05. The van der Waals surface area contributed by atoms with Crippen LogP contribution in [0.4, 0.5) is 10.1 Å². The maximum Gasteiger partial charge on any atom is 0.246 e. The highest BCUT2D eigenvalue weighted by atomic mass is 32.2. The molecule has 0 saturated carbocycles. The monoisotopic (exact) mass is 288 g/mol. The summed E-state index contributed by atoms with van der Waals surface area (Å²) in [5.41, 5.74) is 6.50. The summed E-state index contributed by atoms with van der Waals surface area (Å²) in [5.74, 6) is -0.748. The molecule has 0 aliphatic carbocycles. The Bertz CT molecular complexity index is 544. The summed E-state index contributed by atoms with van der Waals surface area (Å²) < 4.78 is 39.9. The van der Waals surface area contributed by atoms with Crippen LogP contribution in [0.25, 0.3) is 0 Å². The number of hydrogen-bond acceptors (Lipinski definition) is 3. The number of aryl methyl sites for hydroxylation is 1. The van der Waals surface area contributed by atoms with Crippen molar-refractivity contribution in [2.75, 3.05) is 18.8 Å². The van der Waals surface area contributed by atoms with Crippen LogP contribution in [0, 0.1) is 12.7 Å². The lowest BCUT2D eigenvalue weighted by Crippen LogP contribution is -2.32. The normalized spacial score (nSPS) is 12.1. The van der Waals surface area contributed by atoms with Gasteiger partial charge in [-0.1, -0.05) is 20.3 Å². The fourth-order valence-electron chi connectivity index (χ4n) is 1.79. The summed E-state index contributed by atoms with van der Waals surface area (Å²) in [6.45, 7) is 6.06. The van der Waals surface area contributed by atoms with E-state index in [0.717, 1.165) is 18.9 Å². The zero-order valence-electron chi connectivity index (χ0n) is 11.6. The smallest absolute Gasteiger partial charge is 0.246 e. The van der Waals surface area contributed by atoms with Crippen LogP contribution in [0.5, 0.6) is 0 Å². The fourth-order valence-corrected chi connectivity index (χ4v) is 3.36. The lowest BCUT2D eigenvalue weighted by atomic mass is 10.2. The Morgan fingerprint density at radius 3 is 2.47 bits per heavy atom. The van der Waals surface area contributed by atoms with Crippen molar-refractivity contribution in [1.29, 1.82) is 0 Å². The summed E-state index contributed by atoms with van der Waals surface area (Å²) >= 11 is 0. The molecule has 0 aliphatic rings. The van der Waals surface area contributed by atoms with E-state index in [4.69, 9.17) is 5.73 Å². The first-order chi connectivity index (χ1) is 8.84. The average Bonchev–Trinajstić information content (AvgIpc) is 2.34. The third-order valence-corrected chi connectivity index (χ3v) is 5.04. The van der Waals surface area contributed by atoms with E-state index < -0.39 is 15.8 Å². The number of nitrogen functional groups attached to an aromatic ring is 1. The summed E-state index contributed by atoms with van der Waals surface area (Å²) in [4.78, 5) is -0.339. The minimum atomic E-state index is -3.81. The Morgan fingerprint density at radius 2 is 1.95 bits per heavy atom. The number of anilines is 1. The summed E-state index contributed by atoms with van der Waals surface area (Å²) in [7, 11) is -3.81. The van der Waals surface area contributed by atoms with Crippen LogP contribution < -0.4 is 5.73 Å². The molecule has 0 bridgehead atoms. The molecule has 0 aliphatic heterocycles. The highest BCUT2D eigenvalue weighted by Gasteiger charge is 2.26. The van der Waals surface area contributed by atoms with E-state index in [1.165, 1.54) is 10.4 Å². The molecule has 0 unspecified atom stereocenters. The molecule has 0 aromatic heterocycles. The second kappa shape index (κ2) is 6.34. The topological polar surface area (TPSA) is 63.4 Å². The number of rotatable bonds is 6. The average molecular weight is 288 g/mol. The molecule has 0 fully saturated rings. The van der Waals surface area contributed by atoms with Crippen LogP contribution >= 0.6 is 0 Å². The minimum Gasteiger partial charge on any atom is -0.398 e. The third kappa shape index (κ3) is 3.45. The van der Waals surface area contributed by atoms with Gasteiger partial charge in [0.1, 0.15) is 10.7 Å². The van der Waals surface area contributed by atoms with Gasteiger partial charge in [-0.3, -0.25) is 0 Å². The lowest BCUT2D eigenvalue weighted by molar-refractivity contribution is 0.415. The molecule has 0 heterocycles. The lowest BCUT2D eigenvalue weighted by Gasteiger charge is -2.21. The van der Waals surface area contributed by atoms with Crippen molar-refractivity contribution in [1.82, 2.24) is 4.31 Å². The zero-order valence-corrected chi connectivity index (χ0v) is 12.4. The van der Waals surface area contributed by atoms with Crippen molar-refractivity contribution in [3.8, 4) is 0 Å². The van der Waals surface area contributed by atoms with Gasteiger partial charge >= 0.3 is 0 Å². The highest BCUT2D eigenvalue weighted by molar-refractivity contribution is 7.89. The van der Waals surface area contributed by atoms with E-state index in [1.807, 2.05) is 6.92 Å². The molecule has 19 heavy (non-hydrogen) atoms. The first-order valence-electron chi connectivity index (χ1n) is 6.40. The molecule has 4 nitrogen and oxygen atoms in total. The van der Waals surface area contributed by atoms with E-state index in [9.17, 15) is 12.8 Å². The molecule has 0 amide bonds. The minimum absolute atomic E-state index is 0.284. The predicted octanol–water partition coefficient (Wildman–Crippen LogP) is 2.53. The van der Waals surface area contributed by atoms with Crippen LogP contribution in [-0.4, -0.2) is 25.8 Å². The standard InChI is InChI=1S/C13H21FN2O2S/c1-4-6-7-16(5-2)19(17,18)13-9-12(15)10(3)8-11(13)14/h8-9H,4-7,15H2,1-3H3. The molecule has 108 valence electrons. The Labute approximate surface area is 114 Å². The molecule has 1 rings (SSSR count). The molecular weight excluding hydrogens is 267 g/mol. The molecule has 0 atom stereocenters. The number of benzene rings is 1. The van der Waals surface area contributed by atoms with Gasteiger partial charge < -0.3 is 5.73 Å². The quantitative estimate of drug-likeness (QED) is 0.818.